The normalized spacial score (nSPS) is 12.5. The predicted molar refractivity (Wildman–Crippen MR) is 72.4 cm³/mol. The smallest absolute Gasteiger partial charge is 0.337 e. The van der Waals surface area contributed by atoms with E-state index in [2.05, 4.69) is 4.98 Å². The van der Waals surface area contributed by atoms with Crippen molar-refractivity contribution in [2.45, 2.75) is 13.0 Å². The summed E-state index contributed by atoms with van der Waals surface area (Å²) in [4.78, 5) is 37.4. The standard InChI is InChI=1S/C13H14N2O5/c1-7(6-20-2)15-10-8(13(18)19)4-3-5-9(10)14-11(16)12(15)17/h3-5,7H,6H2,1-2H3,(H,14,16)(H,18,19). The fourth-order valence-electron chi connectivity index (χ4n) is 2.20. The summed E-state index contributed by atoms with van der Waals surface area (Å²) in [6, 6.07) is 3.99. The summed E-state index contributed by atoms with van der Waals surface area (Å²) < 4.78 is 6.15. The first kappa shape index (κ1) is 14.0. The summed E-state index contributed by atoms with van der Waals surface area (Å²) in [5.74, 6) is -1.17. The van der Waals surface area contributed by atoms with E-state index in [1.807, 2.05) is 0 Å². The zero-order chi connectivity index (χ0) is 14.9. The zero-order valence-electron chi connectivity index (χ0n) is 11.0. The van der Waals surface area contributed by atoms with Gasteiger partial charge in [0.25, 0.3) is 0 Å². The average molecular weight is 278 g/mol. The lowest BCUT2D eigenvalue weighted by molar-refractivity contribution is 0.0698. The summed E-state index contributed by atoms with van der Waals surface area (Å²) in [6.07, 6.45) is 0. The average Bonchev–Trinajstić information content (AvgIpc) is 2.39. The number of aromatic carboxylic acids is 1. The van der Waals surface area contributed by atoms with E-state index in [0.29, 0.717) is 5.52 Å². The molecule has 0 aliphatic heterocycles. The van der Waals surface area contributed by atoms with Gasteiger partial charge in [-0.2, -0.15) is 0 Å². The van der Waals surface area contributed by atoms with Crippen LogP contribution in [-0.4, -0.2) is 34.3 Å². The van der Waals surface area contributed by atoms with Crippen LogP contribution in [0.1, 0.15) is 23.3 Å². The number of ether oxygens (including phenoxy) is 1. The van der Waals surface area contributed by atoms with Gasteiger partial charge in [0.1, 0.15) is 0 Å². The molecule has 0 saturated carbocycles. The first-order chi connectivity index (χ1) is 9.47. The van der Waals surface area contributed by atoms with E-state index in [-0.39, 0.29) is 17.7 Å². The van der Waals surface area contributed by atoms with Gasteiger partial charge in [0.05, 0.1) is 29.2 Å². The Bertz CT molecular complexity index is 774. The highest BCUT2D eigenvalue weighted by atomic mass is 16.5. The van der Waals surface area contributed by atoms with Crippen LogP contribution >= 0.6 is 0 Å². The van der Waals surface area contributed by atoms with Crippen LogP contribution in [0.2, 0.25) is 0 Å². The molecule has 0 saturated heterocycles. The van der Waals surface area contributed by atoms with Gasteiger partial charge in [-0.1, -0.05) is 6.07 Å². The SMILES string of the molecule is COCC(C)n1c(=O)c(=O)[nH]c2cccc(C(=O)O)c21. The number of hydrogen-bond donors (Lipinski definition) is 2. The van der Waals surface area contributed by atoms with Crippen LogP contribution in [-0.2, 0) is 4.74 Å². The van der Waals surface area contributed by atoms with Gasteiger partial charge < -0.3 is 14.8 Å². The Hall–Kier alpha value is -2.41. The summed E-state index contributed by atoms with van der Waals surface area (Å²) in [7, 11) is 1.47. The second-order valence-electron chi connectivity index (χ2n) is 4.44. The van der Waals surface area contributed by atoms with Crippen LogP contribution in [0.3, 0.4) is 0 Å². The van der Waals surface area contributed by atoms with Gasteiger partial charge in [-0.05, 0) is 19.1 Å². The first-order valence-corrected chi connectivity index (χ1v) is 5.97. The van der Waals surface area contributed by atoms with E-state index in [0.717, 1.165) is 0 Å². The van der Waals surface area contributed by atoms with Crippen molar-refractivity contribution in [1.29, 1.82) is 0 Å². The maximum absolute atomic E-state index is 12.0. The lowest BCUT2D eigenvalue weighted by atomic mass is 10.1. The number of carboxylic acid groups (broad SMARTS) is 1. The minimum Gasteiger partial charge on any atom is -0.478 e. The number of aromatic nitrogens is 2. The fourth-order valence-corrected chi connectivity index (χ4v) is 2.20. The number of benzene rings is 1. The lowest BCUT2D eigenvalue weighted by Crippen LogP contribution is -2.39. The molecule has 0 radical (unpaired) electrons. The Morgan fingerprint density at radius 1 is 1.45 bits per heavy atom. The molecule has 2 rings (SSSR count). The third kappa shape index (κ3) is 2.23. The number of para-hydroxylation sites is 1. The number of hydrogen-bond acceptors (Lipinski definition) is 4. The Labute approximate surface area is 113 Å². The largest absolute Gasteiger partial charge is 0.478 e. The molecule has 1 aromatic carbocycles. The second kappa shape index (κ2) is 5.30. The van der Waals surface area contributed by atoms with E-state index in [4.69, 9.17) is 4.74 Å². The van der Waals surface area contributed by atoms with Crippen LogP contribution in [0.4, 0.5) is 0 Å². The fraction of sp³-hybridized carbons (Fsp3) is 0.308. The molecule has 1 unspecified atom stereocenters. The third-order valence-corrected chi connectivity index (χ3v) is 3.02. The van der Waals surface area contributed by atoms with E-state index in [9.17, 15) is 19.5 Å². The Kier molecular flexibility index (Phi) is 3.71. The molecule has 0 aliphatic carbocycles. The number of rotatable bonds is 4. The summed E-state index contributed by atoms with van der Waals surface area (Å²) >= 11 is 0. The van der Waals surface area contributed by atoms with Gasteiger partial charge in [-0.3, -0.25) is 14.2 Å². The molecule has 0 fully saturated rings. The van der Waals surface area contributed by atoms with Crippen molar-refractivity contribution < 1.29 is 14.6 Å². The number of H-pyrrole nitrogens is 1. The van der Waals surface area contributed by atoms with E-state index in [1.165, 1.54) is 23.8 Å². The van der Waals surface area contributed by atoms with Crippen molar-refractivity contribution >= 4 is 17.0 Å². The highest BCUT2D eigenvalue weighted by Gasteiger charge is 2.18. The van der Waals surface area contributed by atoms with Crippen LogP contribution in [0, 0.1) is 0 Å². The Morgan fingerprint density at radius 2 is 2.15 bits per heavy atom. The molecule has 7 heteroatoms. The number of aromatic amines is 1. The molecule has 1 atom stereocenters. The predicted octanol–water partition coefficient (Wildman–Crippen LogP) is 0.595. The molecular formula is C13H14N2O5. The molecule has 2 N–H and O–H groups in total. The number of nitrogens with zero attached hydrogens (tertiary/aromatic N) is 1. The quantitative estimate of drug-likeness (QED) is 0.797. The highest BCUT2D eigenvalue weighted by Crippen LogP contribution is 2.18. The van der Waals surface area contributed by atoms with Gasteiger partial charge in [0.15, 0.2) is 0 Å². The van der Waals surface area contributed by atoms with Crippen molar-refractivity contribution in [2.24, 2.45) is 0 Å². The molecule has 7 nitrogen and oxygen atoms in total. The summed E-state index contributed by atoms with van der Waals surface area (Å²) in [5.41, 5.74) is -1.14. The monoisotopic (exact) mass is 278 g/mol. The molecule has 106 valence electrons. The van der Waals surface area contributed by atoms with Crippen LogP contribution < -0.4 is 11.1 Å². The van der Waals surface area contributed by atoms with Gasteiger partial charge in [0.2, 0.25) is 0 Å². The number of nitrogens with one attached hydrogen (secondary N) is 1. The van der Waals surface area contributed by atoms with E-state index >= 15 is 0 Å². The van der Waals surface area contributed by atoms with Crippen molar-refractivity contribution in [3.05, 3.63) is 44.5 Å². The zero-order valence-corrected chi connectivity index (χ0v) is 11.0. The van der Waals surface area contributed by atoms with Crippen molar-refractivity contribution in [3.8, 4) is 0 Å². The highest BCUT2D eigenvalue weighted by molar-refractivity contribution is 6.00. The molecule has 0 spiro atoms. The minimum atomic E-state index is -1.17. The van der Waals surface area contributed by atoms with Crippen LogP contribution in [0.5, 0.6) is 0 Å². The summed E-state index contributed by atoms with van der Waals surface area (Å²) in [5, 5.41) is 9.24. The van der Waals surface area contributed by atoms with Crippen molar-refractivity contribution in [2.75, 3.05) is 13.7 Å². The minimum absolute atomic E-state index is 0.0428. The van der Waals surface area contributed by atoms with Gasteiger partial charge in [-0.15, -0.1) is 0 Å². The topological polar surface area (TPSA) is 101 Å². The number of carbonyl (C=O) groups is 1. The molecule has 0 aliphatic rings. The van der Waals surface area contributed by atoms with Gasteiger partial charge >= 0.3 is 17.1 Å². The molecule has 0 bridgehead atoms. The number of methoxy groups -OCH3 is 1. The molecule has 2 aromatic rings. The first-order valence-electron chi connectivity index (χ1n) is 5.97. The van der Waals surface area contributed by atoms with Gasteiger partial charge in [0, 0.05) is 7.11 Å². The van der Waals surface area contributed by atoms with E-state index in [1.54, 1.807) is 13.0 Å². The van der Waals surface area contributed by atoms with Gasteiger partial charge in [-0.25, -0.2) is 4.79 Å². The summed E-state index contributed by atoms with van der Waals surface area (Å²) in [6.45, 7) is 1.87. The Balaban J connectivity index is 2.94. The molecule has 20 heavy (non-hydrogen) atoms. The van der Waals surface area contributed by atoms with Crippen LogP contribution in [0.25, 0.3) is 11.0 Å². The maximum Gasteiger partial charge on any atom is 0.337 e. The van der Waals surface area contributed by atoms with Crippen LogP contribution in [0.15, 0.2) is 27.8 Å². The number of fused-ring (bicyclic) bond motifs is 1. The second-order valence-corrected chi connectivity index (χ2v) is 4.44. The third-order valence-electron chi connectivity index (χ3n) is 3.02. The van der Waals surface area contributed by atoms with E-state index < -0.39 is 23.1 Å². The number of carboxylic acids is 1. The van der Waals surface area contributed by atoms with Crippen molar-refractivity contribution in [3.63, 3.8) is 0 Å². The molecule has 1 aromatic heterocycles. The molecular weight excluding hydrogens is 264 g/mol. The Morgan fingerprint density at radius 3 is 2.75 bits per heavy atom. The maximum atomic E-state index is 12.0. The molecule has 0 amide bonds. The van der Waals surface area contributed by atoms with Crippen molar-refractivity contribution in [1.82, 2.24) is 9.55 Å². The lowest BCUT2D eigenvalue weighted by Gasteiger charge is -2.17. The molecule has 1 heterocycles.